The zero-order valence-corrected chi connectivity index (χ0v) is 19.7. The van der Waals surface area contributed by atoms with Crippen LogP contribution in [0.5, 0.6) is 0 Å². The number of hydrogen-bond donors (Lipinski definition) is 1. The third kappa shape index (κ3) is 3.71. The predicted molar refractivity (Wildman–Crippen MR) is 132 cm³/mol. The van der Waals surface area contributed by atoms with Crippen LogP contribution in [0.1, 0.15) is 35.7 Å². The zero-order valence-electron chi connectivity index (χ0n) is 18.8. The molecule has 0 unspecified atom stereocenters. The molecule has 6 nitrogen and oxygen atoms in total. The van der Waals surface area contributed by atoms with Crippen LogP contribution in [-0.2, 0) is 16.6 Å². The highest BCUT2D eigenvalue weighted by Gasteiger charge is 2.28. The Morgan fingerprint density at radius 3 is 2.42 bits per heavy atom. The molecule has 170 valence electrons. The lowest BCUT2D eigenvalue weighted by Gasteiger charge is -2.17. The van der Waals surface area contributed by atoms with Crippen molar-refractivity contribution in [3.63, 3.8) is 0 Å². The summed E-state index contributed by atoms with van der Waals surface area (Å²) in [6.07, 6.45) is 1.74. The van der Waals surface area contributed by atoms with Gasteiger partial charge in [-0.05, 0) is 68.7 Å². The molecule has 7 heteroatoms. The minimum absolute atomic E-state index is 0.168. The number of rotatable bonds is 5. The van der Waals surface area contributed by atoms with Crippen LogP contribution in [0.25, 0.3) is 21.8 Å². The van der Waals surface area contributed by atoms with E-state index in [0.717, 1.165) is 46.8 Å². The van der Waals surface area contributed by atoms with Crippen molar-refractivity contribution in [1.82, 2.24) is 8.87 Å². The number of carbonyl (C=O) groups is 1. The summed E-state index contributed by atoms with van der Waals surface area (Å²) in [7, 11) is -3.59. The Hall–Kier alpha value is -3.16. The van der Waals surface area contributed by atoms with Gasteiger partial charge in [-0.3, -0.25) is 4.79 Å². The molecule has 1 amide bonds. The van der Waals surface area contributed by atoms with Gasteiger partial charge in [-0.2, -0.15) is 4.31 Å². The molecular formula is C26H27N3O3S. The minimum Gasteiger partial charge on any atom is -0.341 e. The molecule has 4 aromatic rings. The number of anilines is 1. The number of sulfonamides is 1. The lowest BCUT2D eigenvalue weighted by molar-refractivity contribution is 0.102. The van der Waals surface area contributed by atoms with E-state index < -0.39 is 10.0 Å². The highest BCUT2D eigenvalue weighted by atomic mass is 32.2. The maximum atomic E-state index is 13.2. The number of nitrogens with zero attached hydrogens (tertiary/aromatic N) is 2. The Bertz CT molecular complexity index is 1480. The zero-order chi connectivity index (χ0) is 23.2. The fraction of sp³-hybridized carbons (Fsp3) is 0.269. The largest absolute Gasteiger partial charge is 0.341 e. The second-order valence-corrected chi connectivity index (χ2v) is 10.5. The van der Waals surface area contributed by atoms with Gasteiger partial charge in [-0.1, -0.05) is 24.3 Å². The van der Waals surface area contributed by atoms with Crippen molar-refractivity contribution >= 4 is 43.4 Å². The summed E-state index contributed by atoms with van der Waals surface area (Å²) in [6.45, 7) is 5.85. The minimum atomic E-state index is -3.59. The molecule has 2 heterocycles. The fourth-order valence-electron chi connectivity index (χ4n) is 4.75. The van der Waals surface area contributed by atoms with Crippen molar-refractivity contribution in [2.75, 3.05) is 18.4 Å². The fourth-order valence-corrected chi connectivity index (χ4v) is 6.30. The van der Waals surface area contributed by atoms with Crippen LogP contribution in [0.4, 0.5) is 5.69 Å². The number of nitrogens with one attached hydrogen (secondary N) is 1. The van der Waals surface area contributed by atoms with E-state index in [-0.39, 0.29) is 10.8 Å². The van der Waals surface area contributed by atoms with Gasteiger partial charge in [-0.25, -0.2) is 8.42 Å². The van der Waals surface area contributed by atoms with Crippen molar-refractivity contribution in [2.45, 2.75) is 38.1 Å². The number of hydrogen-bond acceptors (Lipinski definition) is 3. The Labute approximate surface area is 193 Å². The van der Waals surface area contributed by atoms with Crippen LogP contribution in [0, 0.1) is 6.92 Å². The van der Waals surface area contributed by atoms with E-state index in [2.05, 4.69) is 28.9 Å². The molecule has 1 saturated heterocycles. The van der Waals surface area contributed by atoms with Crippen molar-refractivity contribution in [1.29, 1.82) is 0 Å². The monoisotopic (exact) mass is 461 g/mol. The first-order valence-corrected chi connectivity index (χ1v) is 12.8. The van der Waals surface area contributed by atoms with Crippen LogP contribution >= 0.6 is 0 Å². The molecule has 0 radical (unpaired) electrons. The Kier molecular flexibility index (Phi) is 5.46. The molecular weight excluding hydrogens is 434 g/mol. The molecule has 1 aromatic heterocycles. The third-order valence-corrected chi connectivity index (χ3v) is 8.40. The Morgan fingerprint density at radius 2 is 1.67 bits per heavy atom. The summed E-state index contributed by atoms with van der Waals surface area (Å²) >= 11 is 0. The molecule has 1 N–H and O–H groups in total. The summed E-state index contributed by atoms with van der Waals surface area (Å²) in [5.74, 6) is -0.315. The van der Waals surface area contributed by atoms with E-state index in [4.69, 9.17) is 0 Å². The van der Waals surface area contributed by atoms with Gasteiger partial charge in [0.25, 0.3) is 5.91 Å². The molecule has 0 bridgehead atoms. The smallest absolute Gasteiger partial charge is 0.255 e. The van der Waals surface area contributed by atoms with Gasteiger partial charge >= 0.3 is 0 Å². The van der Waals surface area contributed by atoms with E-state index in [1.165, 1.54) is 10.4 Å². The van der Waals surface area contributed by atoms with Gasteiger partial charge in [0.05, 0.1) is 4.90 Å². The first-order chi connectivity index (χ1) is 15.9. The number of aryl methyl sites for hydroxylation is 2. The van der Waals surface area contributed by atoms with Gasteiger partial charge < -0.3 is 9.88 Å². The normalized spacial score (nSPS) is 14.8. The maximum Gasteiger partial charge on any atom is 0.255 e. The Balaban J connectivity index is 1.49. The molecule has 0 aliphatic carbocycles. The number of benzene rings is 3. The highest BCUT2D eigenvalue weighted by Crippen LogP contribution is 2.31. The topological polar surface area (TPSA) is 71.4 Å². The van der Waals surface area contributed by atoms with E-state index >= 15 is 0 Å². The molecule has 1 aliphatic heterocycles. The molecule has 33 heavy (non-hydrogen) atoms. The molecule has 3 aromatic carbocycles. The summed E-state index contributed by atoms with van der Waals surface area (Å²) in [5.41, 5.74) is 4.06. The molecule has 1 aliphatic rings. The quantitative estimate of drug-likeness (QED) is 0.446. The Morgan fingerprint density at radius 1 is 0.939 bits per heavy atom. The molecule has 0 saturated carbocycles. The summed E-state index contributed by atoms with van der Waals surface area (Å²) in [4.78, 5) is 13.3. The lowest BCUT2D eigenvalue weighted by atomic mass is 10.1. The average Bonchev–Trinajstić information content (AvgIpc) is 3.46. The molecule has 5 rings (SSSR count). The molecule has 1 fully saturated rings. The van der Waals surface area contributed by atoms with Gasteiger partial charge in [0.2, 0.25) is 10.0 Å². The van der Waals surface area contributed by atoms with E-state index in [1.807, 2.05) is 37.3 Å². The number of aromatic nitrogens is 1. The van der Waals surface area contributed by atoms with Crippen LogP contribution in [0.15, 0.2) is 65.6 Å². The van der Waals surface area contributed by atoms with Crippen molar-refractivity contribution in [3.05, 3.63) is 71.8 Å². The summed E-state index contributed by atoms with van der Waals surface area (Å²) < 4.78 is 29.7. The van der Waals surface area contributed by atoms with Crippen LogP contribution in [0.2, 0.25) is 0 Å². The average molecular weight is 462 g/mol. The SMILES string of the molecule is CCn1c2ccccc2c2cc(NC(=O)c3cc(S(=O)(=O)N4CCCC4)ccc3C)ccc21. The van der Waals surface area contributed by atoms with Gasteiger partial charge in [0.1, 0.15) is 0 Å². The number of carbonyl (C=O) groups excluding carboxylic acids is 1. The van der Waals surface area contributed by atoms with Gasteiger partial charge in [0.15, 0.2) is 0 Å². The van der Waals surface area contributed by atoms with Crippen LogP contribution in [-0.4, -0.2) is 36.3 Å². The van der Waals surface area contributed by atoms with Crippen molar-refractivity contribution in [2.24, 2.45) is 0 Å². The summed E-state index contributed by atoms with van der Waals surface area (Å²) in [5, 5.41) is 5.19. The standard InChI is InChI=1S/C26H27N3O3S/c1-3-29-24-9-5-4-8-21(24)23-16-19(11-13-25(23)29)27-26(30)22-17-20(12-10-18(22)2)33(31,32)28-14-6-7-15-28/h4-5,8-13,16-17H,3,6-7,14-15H2,1-2H3,(H,27,30). The van der Waals surface area contributed by atoms with Crippen LogP contribution in [0.3, 0.4) is 0 Å². The van der Waals surface area contributed by atoms with Crippen LogP contribution < -0.4 is 5.32 Å². The van der Waals surface area contributed by atoms with E-state index in [0.29, 0.717) is 24.3 Å². The first kappa shape index (κ1) is 21.7. The van der Waals surface area contributed by atoms with Crippen molar-refractivity contribution in [3.8, 4) is 0 Å². The van der Waals surface area contributed by atoms with Crippen molar-refractivity contribution < 1.29 is 13.2 Å². The van der Waals surface area contributed by atoms with E-state index in [9.17, 15) is 13.2 Å². The third-order valence-electron chi connectivity index (χ3n) is 6.50. The lowest BCUT2D eigenvalue weighted by Crippen LogP contribution is -2.28. The van der Waals surface area contributed by atoms with Gasteiger partial charge in [0, 0.05) is 52.7 Å². The summed E-state index contributed by atoms with van der Waals surface area (Å²) in [6, 6.07) is 18.9. The van der Waals surface area contributed by atoms with Gasteiger partial charge in [-0.15, -0.1) is 0 Å². The second-order valence-electron chi connectivity index (χ2n) is 8.54. The molecule has 0 spiro atoms. The first-order valence-electron chi connectivity index (χ1n) is 11.3. The van der Waals surface area contributed by atoms with E-state index in [1.54, 1.807) is 12.1 Å². The highest BCUT2D eigenvalue weighted by molar-refractivity contribution is 7.89. The second kappa shape index (κ2) is 8.32. The molecule has 0 atom stereocenters. The number of para-hydroxylation sites is 1. The maximum absolute atomic E-state index is 13.2. The number of fused-ring (bicyclic) bond motifs is 3. The number of amides is 1. The predicted octanol–water partition coefficient (Wildman–Crippen LogP) is 5.16.